The first-order chi connectivity index (χ1) is 9.10. The normalized spacial score (nSPS) is 27.5. The zero-order valence-corrected chi connectivity index (χ0v) is 12.3. The van der Waals surface area contributed by atoms with E-state index in [-0.39, 0.29) is 6.10 Å². The molecular formula is C17H26O2. The summed E-state index contributed by atoms with van der Waals surface area (Å²) in [5.41, 5.74) is 1.27. The van der Waals surface area contributed by atoms with Crippen LogP contribution in [0.4, 0.5) is 0 Å². The number of ether oxygens (including phenoxy) is 1. The number of aliphatic hydroxyl groups is 1. The molecule has 0 bridgehead atoms. The minimum Gasteiger partial charge on any atom is -0.497 e. The fourth-order valence-corrected chi connectivity index (χ4v) is 3.21. The summed E-state index contributed by atoms with van der Waals surface area (Å²) in [5.74, 6) is 2.79. The number of aliphatic hydroxyl groups excluding tert-OH is 1. The van der Waals surface area contributed by atoms with Gasteiger partial charge in [0, 0.05) is 0 Å². The third-order valence-corrected chi connectivity index (χ3v) is 4.56. The summed E-state index contributed by atoms with van der Waals surface area (Å²) in [4.78, 5) is 0. The minimum atomic E-state index is -0.138. The number of benzene rings is 1. The van der Waals surface area contributed by atoms with Gasteiger partial charge in [0.25, 0.3) is 0 Å². The molecule has 0 heterocycles. The highest BCUT2D eigenvalue weighted by Crippen LogP contribution is 2.35. The van der Waals surface area contributed by atoms with Crippen LogP contribution >= 0.6 is 0 Å². The van der Waals surface area contributed by atoms with E-state index in [2.05, 4.69) is 26.0 Å². The largest absolute Gasteiger partial charge is 0.497 e. The van der Waals surface area contributed by atoms with Gasteiger partial charge in [0.1, 0.15) is 5.75 Å². The van der Waals surface area contributed by atoms with Crippen LogP contribution in [0.15, 0.2) is 24.3 Å². The quantitative estimate of drug-likeness (QED) is 0.897. The predicted octanol–water partition coefficient (Wildman–Crippen LogP) is 3.67. The van der Waals surface area contributed by atoms with Crippen molar-refractivity contribution in [1.82, 2.24) is 0 Å². The monoisotopic (exact) mass is 262 g/mol. The maximum atomic E-state index is 10.2. The van der Waals surface area contributed by atoms with Crippen LogP contribution in [0.2, 0.25) is 0 Å². The van der Waals surface area contributed by atoms with Crippen molar-refractivity contribution < 1.29 is 9.84 Å². The average molecular weight is 262 g/mol. The van der Waals surface area contributed by atoms with E-state index in [1.54, 1.807) is 7.11 Å². The molecule has 2 heteroatoms. The third kappa shape index (κ3) is 3.73. The van der Waals surface area contributed by atoms with Gasteiger partial charge in [-0.15, -0.1) is 0 Å². The van der Waals surface area contributed by atoms with Crippen molar-refractivity contribution in [1.29, 1.82) is 0 Å². The average Bonchev–Trinajstić information content (AvgIpc) is 2.41. The van der Waals surface area contributed by atoms with Crippen molar-refractivity contribution in [3.63, 3.8) is 0 Å². The van der Waals surface area contributed by atoms with Gasteiger partial charge in [0.05, 0.1) is 13.2 Å². The van der Waals surface area contributed by atoms with Gasteiger partial charge < -0.3 is 9.84 Å². The fourth-order valence-electron chi connectivity index (χ4n) is 3.21. The van der Waals surface area contributed by atoms with Gasteiger partial charge in [-0.25, -0.2) is 0 Å². The highest BCUT2D eigenvalue weighted by molar-refractivity contribution is 5.28. The van der Waals surface area contributed by atoms with Crippen LogP contribution < -0.4 is 4.74 Å². The smallest absolute Gasteiger partial charge is 0.119 e. The maximum absolute atomic E-state index is 10.2. The molecule has 1 saturated carbocycles. The second kappa shape index (κ2) is 6.42. The number of methoxy groups -OCH3 is 1. The van der Waals surface area contributed by atoms with Crippen molar-refractivity contribution in [2.24, 2.45) is 17.8 Å². The Morgan fingerprint density at radius 1 is 1.32 bits per heavy atom. The topological polar surface area (TPSA) is 29.5 Å². The minimum absolute atomic E-state index is 0.138. The molecule has 1 aromatic rings. The molecule has 106 valence electrons. The van der Waals surface area contributed by atoms with E-state index in [1.807, 2.05) is 12.1 Å². The van der Waals surface area contributed by atoms with E-state index < -0.39 is 0 Å². The third-order valence-electron chi connectivity index (χ3n) is 4.56. The summed E-state index contributed by atoms with van der Waals surface area (Å²) in [6.45, 7) is 4.59. The Balaban J connectivity index is 2.03. The van der Waals surface area contributed by atoms with Gasteiger partial charge >= 0.3 is 0 Å². The molecule has 0 radical (unpaired) electrons. The lowest BCUT2D eigenvalue weighted by Crippen LogP contribution is -2.32. The van der Waals surface area contributed by atoms with Crippen LogP contribution in [-0.2, 0) is 6.42 Å². The first-order valence-corrected chi connectivity index (χ1v) is 7.41. The fraction of sp³-hybridized carbons (Fsp3) is 0.647. The lowest BCUT2D eigenvalue weighted by molar-refractivity contribution is 0.0378. The molecule has 2 rings (SSSR count). The summed E-state index contributed by atoms with van der Waals surface area (Å²) in [6.07, 6.45) is 4.10. The van der Waals surface area contributed by atoms with Gasteiger partial charge in [-0.05, 0) is 61.1 Å². The molecule has 1 aliphatic carbocycles. The van der Waals surface area contributed by atoms with E-state index in [1.165, 1.54) is 12.0 Å². The molecule has 2 nitrogen and oxygen atoms in total. The lowest BCUT2D eigenvalue weighted by atomic mass is 9.73. The molecule has 3 atom stereocenters. The predicted molar refractivity (Wildman–Crippen MR) is 78.4 cm³/mol. The molecule has 1 aromatic carbocycles. The summed E-state index contributed by atoms with van der Waals surface area (Å²) in [5, 5.41) is 10.2. The van der Waals surface area contributed by atoms with Gasteiger partial charge in [-0.1, -0.05) is 26.0 Å². The summed E-state index contributed by atoms with van der Waals surface area (Å²) >= 11 is 0. The summed E-state index contributed by atoms with van der Waals surface area (Å²) in [7, 11) is 1.70. The summed E-state index contributed by atoms with van der Waals surface area (Å²) in [6, 6.07) is 8.22. The number of hydrogen-bond acceptors (Lipinski definition) is 2. The van der Waals surface area contributed by atoms with Gasteiger partial charge in [-0.3, -0.25) is 0 Å². The van der Waals surface area contributed by atoms with Crippen molar-refractivity contribution in [2.75, 3.05) is 7.11 Å². The molecule has 19 heavy (non-hydrogen) atoms. The second-order valence-electron chi connectivity index (χ2n) is 6.20. The standard InChI is InChI=1S/C17H26O2/c1-12(2)14-7-8-17(18)15(11-14)9-13-5-4-6-16(10-13)19-3/h4-6,10,12,14-15,17-18H,7-9,11H2,1-3H3. The van der Waals surface area contributed by atoms with Crippen LogP contribution in [0.1, 0.15) is 38.7 Å². The molecule has 1 fully saturated rings. The van der Waals surface area contributed by atoms with Crippen LogP contribution in [-0.4, -0.2) is 18.3 Å². The highest BCUT2D eigenvalue weighted by Gasteiger charge is 2.30. The molecule has 0 amide bonds. The highest BCUT2D eigenvalue weighted by atomic mass is 16.5. The second-order valence-corrected chi connectivity index (χ2v) is 6.20. The van der Waals surface area contributed by atoms with Crippen LogP contribution in [0.3, 0.4) is 0 Å². The van der Waals surface area contributed by atoms with Crippen LogP contribution in [0.5, 0.6) is 5.75 Å². The Labute approximate surface area is 116 Å². The van der Waals surface area contributed by atoms with Crippen molar-refractivity contribution in [3.8, 4) is 5.75 Å². The van der Waals surface area contributed by atoms with E-state index in [0.717, 1.165) is 36.8 Å². The van der Waals surface area contributed by atoms with E-state index in [4.69, 9.17) is 4.74 Å². The van der Waals surface area contributed by atoms with E-state index in [9.17, 15) is 5.11 Å². The zero-order valence-electron chi connectivity index (χ0n) is 12.3. The Kier molecular flexibility index (Phi) is 4.87. The SMILES string of the molecule is COc1cccc(CC2CC(C(C)C)CCC2O)c1. The molecular weight excluding hydrogens is 236 g/mol. The first kappa shape index (κ1) is 14.4. The van der Waals surface area contributed by atoms with Gasteiger partial charge in [0.15, 0.2) is 0 Å². The molecule has 1 N–H and O–H groups in total. The molecule has 0 aromatic heterocycles. The van der Waals surface area contributed by atoms with Gasteiger partial charge in [0.2, 0.25) is 0 Å². The molecule has 0 aliphatic heterocycles. The Morgan fingerprint density at radius 3 is 2.79 bits per heavy atom. The molecule has 0 spiro atoms. The molecule has 0 saturated heterocycles. The van der Waals surface area contributed by atoms with Crippen molar-refractivity contribution in [3.05, 3.63) is 29.8 Å². The Hall–Kier alpha value is -1.02. The van der Waals surface area contributed by atoms with Gasteiger partial charge in [-0.2, -0.15) is 0 Å². The number of rotatable bonds is 4. The first-order valence-electron chi connectivity index (χ1n) is 7.41. The zero-order chi connectivity index (χ0) is 13.8. The van der Waals surface area contributed by atoms with Crippen molar-refractivity contribution >= 4 is 0 Å². The Morgan fingerprint density at radius 2 is 2.11 bits per heavy atom. The van der Waals surface area contributed by atoms with Crippen LogP contribution in [0, 0.1) is 17.8 Å². The summed E-state index contributed by atoms with van der Waals surface area (Å²) < 4.78 is 5.27. The lowest BCUT2D eigenvalue weighted by Gasteiger charge is -2.35. The van der Waals surface area contributed by atoms with Crippen LogP contribution in [0.25, 0.3) is 0 Å². The maximum Gasteiger partial charge on any atom is 0.119 e. The molecule has 1 aliphatic rings. The Bertz CT molecular complexity index is 400. The van der Waals surface area contributed by atoms with Crippen molar-refractivity contribution in [2.45, 2.75) is 45.6 Å². The molecule has 3 unspecified atom stereocenters. The van der Waals surface area contributed by atoms with E-state index in [0.29, 0.717) is 5.92 Å². The van der Waals surface area contributed by atoms with E-state index >= 15 is 0 Å². The number of hydrogen-bond donors (Lipinski definition) is 1.